The molecule has 2 aromatic rings. The lowest BCUT2D eigenvalue weighted by atomic mass is 10.2. The van der Waals surface area contributed by atoms with Crippen LogP contribution in [0.4, 0.5) is 4.39 Å². The topological polar surface area (TPSA) is 42.4 Å². The number of halogens is 2. The summed E-state index contributed by atoms with van der Waals surface area (Å²) in [5.74, 6) is 0.481. The second kappa shape index (κ2) is 5.46. The van der Waals surface area contributed by atoms with Gasteiger partial charge >= 0.3 is 0 Å². The highest BCUT2D eigenvalue weighted by atomic mass is 79.9. The van der Waals surface area contributed by atoms with E-state index in [1.807, 2.05) is 0 Å². The van der Waals surface area contributed by atoms with Gasteiger partial charge in [-0.2, -0.15) is 0 Å². The van der Waals surface area contributed by atoms with E-state index in [0.717, 1.165) is 0 Å². The number of aromatic nitrogens is 1. The zero-order chi connectivity index (χ0) is 13.1. The van der Waals surface area contributed by atoms with E-state index in [2.05, 4.69) is 20.9 Å². The van der Waals surface area contributed by atoms with E-state index in [9.17, 15) is 9.50 Å². The van der Waals surface area contributed by atoms with Crippen molar-refractivity contribution in [2.24, 2.45) is 0 Å². The molecule has 3 nitrogen and oxygen atoms in total. The SMILES string of the molecule is C[C@@H](O)c1ccc(Oc2cc(F)ccc2Br)cn1. The molecule has 1 aromatic carbocycles. The summed E-state index contributed by atoms with van der Waals surface area (Å²) in [4.78, 5) is 4.04. The minimum Gasteiger partial charge on any atom is -0.454 e. The lowest BCUT2D eigenvalue weighted by Crippen LogP contribution is -1.95. The number of aliphatic hydroxyl groups excluding tert-OH is 1. The smallest absolute Gasteiger partial charge is 0.145 e. The zero-order valence-corrected chi connectivity index (χ0v) is 11.2. The molecule has 1 N–H and O–H groups in total. The fourth-order valence-electron chi connectivity index (χ4n) is 1.38. The third-order valence-electron chi connectivity index (χ3n) is 2.31. The summed E-state index contributed by atoms with van der Waals surface area (Å²) in [7, 11) is 0. The molecule has 2 rings (SSSR count). The van der Waals surface area contributed by atoms with Gasteiger partial charge in [-0.3, -0.25) is 4.98 Å². The second-order valence-electron chi connectivity index (χ2n) is 3.77. The van der Waals surface area contributed by atoms with Crippen LogP contribution in [0.5, 0.6) is 11.5 Å². The van der Waals surface area contributed by atoms with Gasteiger partial charge in [0.25, 0.3) is 0 Å². The Morgan fingerprint density at radius 1 is 1.33 bits per heavy atom. The lowest BCUT2D eigenvalue weighted by Gasteiger charge is -2.09. The van der Waals surface area contributed by atoms with Crippen LogP contribution in [0.1, 0.15) is 18.7 Å². The van der Waals surface area contributed by atoms with Gasteiger partial charge in [-0.25, -0.2) is 4.39 Å². The Morgan fingerprint density at radius 3 is 2.72 bits per heavy atom. The first kappa shape index (κ1) is 13.0. The van der Waals surface area contributed by atoms with Crippen LogP contribution >= 0.6 is 15.9 Å². The van der Waals surface area contributed by atoms with Crippen molar-refractivity contribution in [2.45, 2.75) is 13.0 Å². The van der Waals surface area contributed by atoms with Crippen LogP contribution in [0.15, 0.2) is 41.0 Å². The van der Waals surface area contributed by atoms with E-state index in [1.54, 1.807) is 25.1 Å². The number of pyridine rings is 1. The highest BCUT2D eigenvalue weighted by Gasteiger charge is 2.06. The molecular weight excluding hydrogens is 301 g/mol. The van der Waals surface area contributed by atoms with Crippen LogP contribution in [-0.4, -0.2) is 10.1 Å². The predicted octanol–water partition coefficient (Wildman–Crippen LogP) is 3.83. The zero-order valence-electron chi connectivity index (χ0n) is 9.60. The summed E-state index contributed by atoms with van der Waals surface area (Å²) in [6.45, 7) is 1.63. The number of nitrogens with zero attached hydrogens (tertiary/aromatic N) is 1. The number of benzene rings is 1. The largest absolute Gasteiger partial charge is 0.454 e. The summed E-state index contributed by atoms with van der Waals surface area (Å²) in [5, 5.41) is 9.32. The monoisotopic (exact) mass is 311 g/mol. The summed E-state index contributed by atoms with van der Waals surface area (Å²) >= 11 is 3.27. The van der Waals surface area contributed by atoms with E-state index in [1.165, 1.54) is 18.3 Å². The van der Waals surface area contributed by atoms with Crippen molar-refractivity contribution >= 4 is 15.9 Å². The first-order chi connectivity index (χ1) is 8.56. The van der Waals surface area contributed by atoms with Gasteiger partial charge in [0.15, 0.2) is 0 Å². The van der Waals surface area contributed by atoms with Gasteiger partial charge < -0.3 is 9.84 Å². The lowest BCUT2D eigenvalue weighted by molar-refractivity contribution is 0.194. The molecule has 0 saturated heterocycles. The summed E-state index contributed by atoms with van der Waals surface area (Å²) in [6.07, 6.45) is 0.860. The van der Waals surface area contributed by atoms with Crippen LogP contribution in [0.25, 0.3) is 0 Å². The highest BCUT2D eigenvalue weighted by molar-refractivity contribution is 9.10. The summed E-state index contributed by atoms with van der Waals surface area (Å²) < 4.78 is 19.2. The van der Waals surface area contributed by atoms with Crippen LogP contribution < -0.4 is 4.74 Å². The van der Waals surface area contributed by atoms with Gasteiger partial charge in [0.05, 0.1) is 22.5 Å². The molecule has 18 heavy (non-hydrogen) atoms. The number of hydrogen-bond acceptors (Lipinski definition) is 3. The molecule has 94 valence electrons. The van der Waals surface area contributed by atoms with Crippen molar-refractivity contribution in [1.82, 2.24) is 4.98 Å². The minimum atomic E-state index is -0.625. The first-order valence-electron chi connectivity index (χ1n) is 5.33. The predicted molar refractivity (Wildman–Crippen MR) is 69.0 cm³/mol. The van der Waals surface area contributed by atoms with Crippen LogP contribution in [0.3, 0.4) is 0 Å². The Bertz CT molecular complexity index is 543. The molecule has 0 amide bonds. The van der Waals surface area contributed by atoms with Gasteiger partial charge in [0.1, 0.15) is 17.3 Å². The third-order valence-corrected chi connectivity index (χ3v) is 2.96. The van der Waals surface area contributed by atoms with Crippen LogP contribution in [0, 0.1) is 5.82 Å². The molecule has 0 fully saturated rings. The molecule has 0 aliphatic rings. The third kappa shape index (κ3) is 3.05. The van der Waals surface area contributed by atoms with Crippen molar-refractivity contribution in [3.63, 3.8) is 0 Å². The summed E-state index contributed by atoms with van der Waals surface area (Å²) in [6, 6.07) is 7.53. The Hall–Kier alpha value is -1.46. The average Bonchev–Trinajstić information content (AvgIpc) is 2.34. The first-order valence-corrected chi connectivity index (χ1v) is 6.12. The molecule has 0 aliphatic heterocycles. The van der Waals surface area contributed by atoms with Crippen molar-refractivity contribution in [1.29, 1.82) is 0 Å². The standard InChI is InChI=1S/C13H11BrFNO2/c1-8(17)12-5-3-10(7-16-12)18-13-6-9(15)2-4-11(13)14/h2-8,17H,1H3/t8-/m1/s1. The Morgan fingerprint density at radius 2 is 2.11 bits per heavy atom. The average molecular weight is 312 g/mol. The number of ether oxygens (including phenoxy) is 1. The molecular formula is C13H11BrFNO2. The van der Waals surface area contributed by atoms with Gasteiger partial charge in [-0.1, -0.05) is 0 Å². The van der Waals surface area contributed by atoms with Crippen LogP contribution in [0.2, 0.25) is 0 Å². The highest BCUT2D eigenvalue weighted by Crippen LogP contribution is 2.30. The Balaban J connectivity index is 2.21. The number of hydrogen-bond donors (Lipinski definition) is 1. The second-order valence-corrected chi connectivity index (χ2v) is 4.63. The minimum absolute atomic E-state index is 0.373. The van der Waals surface area contributed by atoms with E-state index in [-0.39, 0.29) is 5.82 Å². The molecule has 0 aliphatic carbocycles. The maximum atomic E-state index is 13.1. The van der Waals surface area contributed by atoms with Crippen molar-refractivity contribution in [2.75, 3.05) is 0 Å². The molecule has 0 spiro atoms. The fraction of sp³-hybridized carbons (Fsp3) is 0.154. The Labute approximate surface area is 112 Å². The maximum Gasteiger partial charge on any atom is 0.145 e. The molecule has 5 heteroatoms. The fourth-order valence-corrected chi connectivity index (χ4v) is 1.71. The number of rotatable bonds is 3. The molecule has 0 saturated carbocycles. The molecule has 0 radical (unpaired) electrons. The van der Waals surface area contributed by atoms with E-state index in [0.29, 0.717) is 21.7 Å². The van der Waals surface area contributed by atoms with Crippen molar-refractivity contribution in [3.05, 3.63) is 52.5 Å². The van der Waals surface area contributed by atoms with Crippen molar-refractivity contribution in [3.8, 4) is 11.5 Å². The molecule has 0 bridgehead atoms. The van der Waals surface area contributed by atoms with Gasteiger partial charge in [0.2, 0.25) is 0 Å². The van der Waals surface area contributed by atoms with Gasteiger partial charge in [-0.15, -0.1) is 0 Å². The molecule has 1 atom stereocenters. The normalized spacial score (nSPS) is 12.2. The quantitative estimate of drug-likeness (QED) is 0.936. The maximum absolute atomic E-state index is 13.1. The summed E-state index contributed by atoms with van der Waals surface area (Å²) in [5.41, 5.74) is 0.556. The Kier molecular flexibility index (Phi) is 3.93. The van der Waals surface area contributed by atoms with E-state index < -0.39 is 6.10 Å². The van der Waals surface area contributed by atoms with E-state index >= 15 is 0 Å². The molecule has 0 unspecified atom stereocenters. The molecule has 1 heterocycles. The van der Waals surface area contributed by atoms with Crippen molar-refractivity contribution < 1.29 is 14.2 Å². The molecule has 1 aromatic heterocycles. The number of aliphatic hydroxyl groups is 1. The van der Waals surface area contributed by atoms with Gasteiger partial charge in [0, 0.05) is 6.07 Å². The van der Waals surface area contributed by atoms with E-state index in [4.69, 9.17) is 4.74 Å². The van der Waals surface area contributed by atoms with Gasteiger partial charge in [-0.05, 0) is 47.1 Å². The van der Waals surface area contributed by atoms with Crippen LogP contribution in [-0.2, 0) is 0 Å².